The van der Waals surface area contributed by atoms with Crippen LogP contribution in [-0.4, -0.2) is 48.0 Å². The highest BCUT2D eigenvalue weighted by atomic mass is 32.2. The molecule has 9 heteroatoms. The second-order valence-corrected chi connectivity index (χ2v) is 9.60. The van der Waals surface area contributed by atoms with E-state index in [9.17, 15) is 8.42 Å². The van der Waals surface area contributed by atoms with Crippen molar-refractivity contribution in [1.29, 1.82) is 0 Å². The molecule has 1 aliphatic heterocycles. The Morgan fingerprint density at radius 2 is 1.78 bits per heavy atom. The van der Waals surface area contributed by atoms with E-state index in [-0.39, 0.29) is 10.8 Å². The van der Waals surface area contributed by atoms with Crippen LogP contribution in [-0.2, 0) is 10.0 Å². The molecule has 164 valence electrons. The van der Waals surface area contributed by atoms with Gasteiger partial charge in [0.2, 0.25) is 21.7 Å². The summed E-state index contributed by atoms with van der Waals surface area (Å²) in [4.78, 5) is 9.09. The van der Waals surface area contributed by atoms with Crippen LogP contribution >= 0.6 is 0 Å². The van der Waals surface area contributed by atoms with Crippen LogP contribution in [0.1, 0.15) is 24.7 Å². The van der Waals surface area contributed by atoms with Gasteiger partial charge in [0.05, 0.1) is 12.6 Å². The molecular formula is C23H22N4O4S. The molecule has 3 heterocycles. The van der Waals surface area contributed by atoms with E-state index in [0.29, 0.717) is 43.2 Å². The Kier molecular flexibility index (Phi) is 5.36. The number of para-hydroxylation sites is 1. The van der Waals surface area contributed by atoms with Crippen molar-refractivity contribution in [3.05, 3.63) is 66.7 Å². The lowest BCUT2D eigenvalue weighted by Crippen LogP contribution is -2.38. The lowest BCUT2D eigenvalue weighted by molar-refractivity contribution is 0.271. The molecule has 0 bridgehead atoms. The minimum Gasteiger partial charge on any atom is -0.497 e. The Morgan fingerprint density at radius 1 is 1.03 bits per heavy atom. The van der Waals surface area contributed by atoms with Gasteiger partial charge in [-0.2, -0.15) is 9.29 Å². The van der Waals surface area contributed by atoms with Crippen molar-refractivity contribution < 1.29 is 17.7 Å². The van der Waals surface area contributed by atoms with Crippen LogP contribution in [0.3, 0.4) is 0 Å². The van der Waals surface area contributed by atoms with Crippen molar-refractivity contribution in [2.24, 2.45) is 0 Å². The van der Waals surface area contributed by atoms with Gasteiger partial charge in [0.25, 0.3) is 0 Å². The summed E-state index contributed by atoms with van der Waals surface area (Å²) in [5.41, 5.74) is 1.34. The molecule has 1 aliphatic rings. The highest BCUT2D eigenvalue weighted by molar-refractivity contribution is 7.89. The smallest absolute Gasteiger partial charge is 0.245 e. The van der Waals surface area contributed by atoms with Crippen LogP contribution in [0.4, 0.5) is 0 Å². The largest absolute Gasteiger partial charge is 0.497 e. The Balaban J connectivity index is 1.31. The summed E-state index contributed by atoms with van der Waals surface area (Å²) in [6.07, 6.45) is 2.84. The van der Waals surface area contributed by atoms with Crippen LogP contribution in [0.25, 0.3) is 22.3 Å². The first-order valence-corrected chi connectivity index (χ1v) is 11.8. The van der Waals surface area contributed by atoms with Gasteiger partial charge in [-0.15, -0.1) is 0 Å². The normalized spacial score (nSPS) is 15.8. The molecule has 1 saturated heterocycles. The van der Waals surface area contributed by atoms with Gasteiger partial charge in [0.1, 0.15) is 10.6 Å². The number of aromatic nitrogens is 3. The van der Waals surface area contributed by atoms with Crippen molar-refractivity contribution >= 4 is 20.9 Å². The molecule has 32 heavy (non-hydrogen) atoms. The third-order valence-corrected chi connectivity index (χ3v) is 7.74. The number of benzene rings is 2. The molecule has 0 radical (unpaired) electrons. The first-order chi connectivity index (χ1) is 15.6. The quantitative estimate of drug-likeness (QED) is 0.455. The van der Waals surface area contributed by atoms with Gasteiger partial charge in [-0.25, -0.2) is 8.42 Å². The molecule has 0 aliphatic carbocycles. The molecule has 5 rings (SSSR count). The number of nitrogens with zero attached hydrogens (tertiary/aromatic N) is 4. The third-order valence-electron chi connectivity index (χ3n) is 5.81. The summed E-state index contributed by atoms with van der Waals surface area (Å²) in [7, 11) is -2.03. The summed E-state index contributed by atoms with van der Waals surface area (Å²) >= 11 is 0. The molecule has 0 spiro atoms. The van der Waals surface area contributed by atoms with E-state index in [1.165, 1.54) is 4.31 Å². The third kappa shape index (κ3) is 3.74. The Bertz CT molecular complexity index is 1340. The van der Waals surface area contributed by atoms with Gasteiger partial charge in [-0.1, -0.05) is 23.4 Å². The standard InChI is InChI=1S/C23H22N4O4S/c1-30-19-9-7-17(8-10-19)22-25-23(31-26-22)18-11-14-27(15-12-18)32(28,29)20-6-2-4-16-5-3-13-24-21(16)20/h2-10,13,18H,11-12,14-15H2,1H3. The van der Waals surface area contributed by atoms with Crippen molar-refractivity contribution in [3.63, 3.8) is 0 Å². The number of rotatable bonds is 5. The van der Waals surface area contributed by atoms with Gasteiger partial charge < -0.3 is 9.26 Å². The summed E-state index contributed by atoms with van der Waals surface area (Å²) in [5.74, 6) is 1.83. The van der Waals surface area contributed by atoms with E-state index in [1.54, 1.807) is 31.5 Å². The molecule has 2 aromatic carbocycles. The predicted octanol–water partition coefficient (Wildman–Crippen LogP) is 3.86. The molecule has 0 saturated carbocycles. The van der Waals surface area contributed by atoms with Crippen molar-refractivity contribution in [1.82, 2.24) is 19.4 Å². The van der Waals surface area contributed by atoms with E-state index >= 15 is 0 Å². The Labute approximate surface area is 185 Å². The fraction of sp³-hybridized carbons (Fsp3) is 0.261. The number of ether oxygens (including phenoxy) is 1. The van der Waals surface area contributed by atoms with E-state index in [4.69, 9.17) is 9.26 Å². The minimum absolute atomic E-state index is 0.0200. The molecule has 8 nitrogen and oxygen atoms in total. The van der Waals surface area contributed by atoms with Crippen LogP contribution in [0.15, 0.2) is 70.2 Å². The van der Waals surface area contributed by atoms with Crippen LogP contribution in [0.5, 0.6) is 5.75 Å². The summed E-state index contributed by atoms with van der Waals surface area (Å²) in [5, 5.41) is 4.91. The van der Waals surface area contributed by atoms with Gasteiger partial charge in [-0.05, 0) is 49.2 Å². The maximum absolute atomic E-state index is 13.3. The zero-order chi connectivity index (χ0) is 22.1. The predicted molar refractivity (Wildman–Crippen MR) is 119 cm³/mol. The lowest BCUT2D eigenvalue weighted by Gasteiger charge is -2.29. The average Bonchev–Trinajstić information content (AvgIpc) is 3.34. The molecule has 4 aromatic rings. The van der Waals surface area contributed by atoms with Crippen molar-refractivity contribution in [2.75, 3.05) is 20.2 Å². The van der Waals surface area contributed by atoms with Crippen LogP contribution in [0.2, 0.25) is 0 Å². The first kappa shape index (κ1) is 20.6. The molecule has 1 fully saturated rings. The van der Waals surface area contributed by atoms with Gasteiger partial charge in [0, 0.05) is 36.2 Å². The molecule has 2 aromatic heterocycles. The SMILES string of the molecule is COc1ccc(-c2noc(C3CCN(S(=O)(=O)c4cccc5cccnc45)CC3)n2)cc1. The Hall–Kier alpha value is -3.30. The van der Waals surface area contributed by atoms with Gasteiger partial charge in [0.15, 0.2) is 0 Å². The van der Waals surface area contributed by atoms with E-state index in [1.807, 2.05) is 36.4 Å². The maximum atomic E-state index is 13.3. The summed E-state index contributed by atoms with van der Waals surface area (Å²) in [6.45, 7) is 0.771. The van der Waals surface area contributed by atoms with E-state index in [0.717, 1.165) is 16.7 Å². The van der Waals surface area contributed by atoms with Gasteiger partial charge >= 0.3 is 0 Å². The van der Waals surface area contributed by atoms with Crippen LogP contribution in [0, 0.1) is 0 Å². The van der Waals surface area contributed by atoms with E-state index in [2.05, 4.69) is 15.1 Å². The molecule has 0 atom stereocenters. The highest BCUT2D eigenvalue weighted by Gasteiger charge is 2.33. The minimum atomic E-state index is -3.65. The number of pyridine rings is 1. The number of fused-ring (bicyclic) bond motifs is 1. The summed E-state index contributed by atoms with van der Waals surface area (Å²) in [6, 6.07) is 16.3. The second kappa shape index (κ2) is 8.33. The number of hydrogen-bond acceptors (Lipinski definition) is 7. The molecule has 0 amide bonds. The monoisotopic (exact) mass is 450 g/mol. The Morgan fingerprint density at radius 3 is 2.53 bits per heavy atom. The number of hydrogen-bond donors (Lipinski definition) is 0. The fourth-order valence-corrected chi connectivity index (χ4v) is 5.66. The number of methoxy groups -OCH3 is 1. The van der Waals surface area contributed by atoms with Crippen molar-refractivity contribution in [3.8, 4) is 17.1 Å². The zero-order valence-electron chi connectivity index (χ0n) is 17.5. The maximum Gasteiger partial charge on any atom is 0.245 e. The highest BCUT2D eigenvalue weighted by Crippen LogP contribution is 2.32. The van der Waals surface area contributed by atoms with Gasteiger partial charge in [-0.3, -0.25) is 4.98 Å². The van der Waals surface area contributed by atoms with Crippen LogP contribution < -0.4 is 4.74 Å². The van der Waals surface area contributed by atoms with E-state index < -0.39 is 10.0 Å². The lowest BCUT2D eigenvalue weighted by atomic mass is 9.98. The topological polar surface area (TPSA) is 98.4 Å². The fourth-order valence-electron chi connectivity index (χ4n) is 4.02. The molecule has 0 unspecified atom stereocenters. The first-order valence-electron chi connectivity index (χ1n) is 10.4. The van der Waals surface area contributed by atoms with Crippen molar-refractivity contribution in [2.45, 2.75) is 23.7 Å². The average molecular weight is 451 g/mol. The summed E-state index contributed by atoms with van der Waals surface area (Å²) < 4.78 is 38.8. The zero-order valence-corrected chi connectivity index (χ0v) is 18.3. The second-order valence-electron chi connectivity index (χ2n) is 7.69. The molecular weight excluding hydrogens is 428 g/mol. The number of piperidine rings is 1. The molecule has 0 N–H and O–H groups in total. The number of sulfonamides is 1.